The van der Waals surface area contributed by atoms with Gasteiger partial charge in [0.2, 0.25) is 5.91 Å². The summed E-state index contributed by atoms with van der Waals surface area (Å²) in [5, 5.41) is 13.3. The Kier molecular flexibility index (Phi) is 6.11. The zero-order valence-electron chi connectivity index (χ0n) is 15.0. The van der Waals surface area contributed by atoms with Crippen LogP contribution in [-0.4, -0.2) is 23.7 Å². The lowest BCUT2D eigenvalue weighted by Crippen LogP contribution is -2.41. The van der Waals surface area contributed by atoms with Gasteiger partial charge in [0.1, 0.15) is 11.5 Å². The number of nitrogens with one attached hydrogen (secondary N) is 1. The zero-order valence-corrected chi connectivity index (χ0v) is 16.6. The summed E-state index contributed by atoms with van der Waals surface area (Å²) in [6.07, 6.45) is 0.244. The Morgan fingerprint density at radius 3 is 2.40 bits per heavy atom. The number of hydrogen-bond donors (Lipinski definition) is 2. The molecule has 4 nitrogen and oxygen atoms in total. The van der Waals surface area contributed by atoms with Crippen molar-refractivity contribution in [1.29, 1.82) is 0 Å². The maximum absolute atomic E-state index is 12.5. The summed E-state index contributed by atoms with van der Waals surface area (Å²) >= 11 is 3.44. The number of phenols is 1. The van der Waals surface area contributed by atoms with Crippen molar-refractivity contribution in [2.45, 2.75) is 38.6 Å². The summed E-state index contributed by atoms with van der Waals surface area (Å²) in [5.41, 5.74) is 1.35. The lowest BCUT2D eigenvalue weighted by molar-refractivity contribution is -0.122. The molecule has 0 radical (unpaired) electrons. The molecule has 0 aliphatic heterocycles. The van der Waals surface area contributed by atoms with Crippen LogP contribution in [0.2, 0.25) is 0 Å². The SMILES string of the molecule is COc1ccc(C(CC(=O)NC(C)(C)C)c2cc(Br)ccc2O)cc1. The average molecular weight is 406 g/mol. The fourth-order valence-electron chi connectivity index (χ4n) is 2.70. The Bertz CT molecular complexity index is 736. The maximum atomic E-state index is 12.5. The van der Waals surface area contributed by atoms with E-state index in [1.54, 1.807) is 19.2 Å². The topological polar surface area (TPSA) is 58.6 Å². The van der Waals surface area contributed by atoms with Crippen molar-refractivity contribution in [1.82, 2.24) is 5.32 Å². The van der Waals surface area contributed by atoms with Crippen LogP contribution >= 0.6 is 15.9 Å². The predicted molar refractivity (Wildman–Crippen MR) is 103 cm³/mol. The van der Waals surface area contributed by atoms with E-state index < -0.39 is 0 Å². The molecule has 0 spiro atoms. The summed E-state index contributed by atoms with van der Waals surface area (Å²) in [5.74, 6) is 0.603. The van der Waals surface area contributed by atoms with Crippen molar-refractivity contribution in [3.8, 4) is 11.5 Å². The molecule has 1 unspecified atom stereocenters. The first-order valence-electron chi connectivity index (χ1n) is 8.13. The van der Waals surface area contributed by atoms with Crippen LogP contribution in [0.3, 0.4) is 0 Å². The fourth-order valence-corrected chi connectivity index (χ4v) is 3.08. The molecule has 0 aromatic heterocycles. The third kappa shape index (κ3) is 5.49. The minimum absolute atomic E-state index is 0.0623. The van der Waals surface area contributed by atoms with Gasteiger partial charge in [-0.1, -0.05) is 28.1 Å². The van der Waals surface area contributed by atoms with Crippen LogP contribution in [0.4, 0.5) is 0 Å². The number of amides is 1. The molecular weight excluding hydrogens is 382 g/mol. The number of carbonyl (C=O) groups is 1. The molecule has 2 aromatic rings. The minimum Gasteiger partial charge on any atom is -0.508 e. The summed E-state index contributed by atoms with van der Waals surface area (Å²) in [6.45, 7) is 5.84. The van der Waals surface area contributed by atoms with E-state index in [1.165, 1.54) is 0 Å². The first-order chi connectivity index (χ1) is 11.7. The van der Waals surface area contributed by atoms with Gasteiger partial charge in [0.05, 0.1) is 7.11 Å². The van der Waals surface area contributed by atoms with Crippen molar-refractivity contribution in [2.24, 2.45) is 0 Å². The van der Waals surface area contributed by atoms with E-state index in [4.69, 9.17) is 4.74 Å². The number of halogens is 1. The van der Waals surface area contributed by atoms with Crippen LogP contribution in [0.1, 0.15) is 44.2 Å². The van der Waals surface area contributed by atoms with Gasteiger partial charge in [0.15, 0.2) is 0 Å². The van der Waals surface area contributed by atoms with Gasteiger partial charge in [0, 0.05) is 27.9 Å². The van der Waals surface area contributed by atoms with E-state index in [2.05, 4.69) is 21.2 Å². The highest BCUT2D eigenvalue weighted by Gasteiger charge is 2.23. The molecule has 2 rings (SSSR count). The van der Waals surface area contributed by atoms with E-state index in [9.17, 15) is 9.90 Å². The second kappa shape index (κ2) is 7.91. The van der Waals surface area contributed by atoms with Crippen LogP contribution in [0.5, 0.6) is 11.5 Å². The molecule has 0 saturated heterocycles. The van der Waals surface area contributed by atoms with Gasteiger partial charge in [-0.2, -0.15) is 0 Å². The molecule has 1 atom stereocenters. The summed E-state index contributed by atoms with van der Waals surface area (Å²) in [7, 11) is 1.61. The summed E-state index contributed by atoms with van der Waals surface area (Å²) in [4.78, 5) is 12.5. The highest BCUT2D eigenvalue weighted by Crippen LogP contribution is 2.36. The summed E-state index contributed by atoms with van der Waals surface area (Å²) in [6, 6.07) is 12.8. The van der Waals surface area contributed by atoms with Crippen molar-refractivity contribution < 1.29 is 14.6 Å². The molecule has 0 aliphatic carbocycles. The van der Waals surface area contributed by atoms with Crippen LogP contribution < -0.4 is 10.1 Å². The lowest BCUT2D eigenvalue weighted by atomic mass is 9.87. The summed E-state index contributed by atoms with van der Waals surface area (Å²) < 4.78 is 6.06. The molecule has 2 N–H and O–H groups in total. The largest absolute Gasteiger partial charge is 0.508 e. The smallest absolute Gasteiger partial charge is 0.221 e. The Balaban J connectivity index is 2.40. The highest BCUT2D eigenvalue weighted by atomic mass is 79.9. The molecule has 134 valence electrons. The molecule has 0 saturated carbocycles. The monoisotopic (exact) mass is 405 g/mol. The van der Waals surface area contributed by atoms with E-state index in [0.717, 1.165) is 15.8 Å². The fraction of sp³-hybridized carbons (Fsp3) is 0.350. The van der Waals surface area contributed by atoms with Gasteiger partial charge >= 0.3 is 0 Å². The second-order valence-corrected chi connectivity index (χ2v) is 7.95. The van der Waals surface area contributed by atoms with Crippen molar-refractivity contribution in [3.05, 3.63) is 58.1 Å². The van der Waals surface area contributed by atoms with Gasteiger partial charge < -0.3 is 15.2 Å². The maximum Gasteiger partial charge on any atom is 0.221 e. The van der Waals surface area contributed by atoms with E-state index >= 15 is 0 Å². The van der Waals surface area contributed by atoms with Crippen molar-refractivity contribution >= 4 is 21.8 Å². The Morgan fingerprint density at radius 1 is 1.20 bits per heavy atom. The zero-order chi connectivity index (χ0) is 18.6. The van der Waals surface area contributed by atoms with Crippen molar-refractivity contribution in [2.75, 3.05) is 7.11 Å². The van der Waals surface area contributed by atoms with Gasteiger partial charge in [-0.05, 0) is 56.7 Å². The van der Waals surface area contributed by atoms with Crippen LogP contribution in [0.15, 0.2) is 46.9 Å². The molecule has 0 fully saturated rings. The van der Waals surface area contributed by atoms with Gasteiger partial charge in [-0.15, -0.1) is 0 Å². The molecule has 2 aromatic carbocycles. The highest BCUT2D eigenvalue weighted by molar-refractivity contribution is 9.10. The average Bonchev–Trinajstić information content (AvgIpc) is 2.53. The third-order valence-electron chi connectivity index (χ3n) is 3.79. The number of benzene rings is 2. The molecular formula is C20H24BrNO3. The van der Waals surface area contributed by atoms with Gasteiger partial charge in [-0.3, -0.25) is 4.79 Å². The number of aromatic hydroxyl groups is 1. The first-order valence-corrected chi connectivity index (χ1v) is 8.92. The normalized spacial score (nSPS) is 12.5. The number of phenolic OH excluding ortho intramolecular Hbond substituents is 1. The Morgan fingerprint density at radius 2 is 1.84 bits per heavy atom. The standard InChI is InChI=1S/C20H24BrNO3/c1-20(2,3)22-19(24)12-16(13-5-8-15(25-4)9-6-13)17-11-14(21)7-10-18(17)23/h5-11,16,23H,12H2,1-4H3,(H,22,24). The van der Waals surface area contributed by atoms with Crippen LogP contribution in [-0.2, 0) is 4.79 Å². The molecule has 0 bridgehead atoms. The van der Waals surface area contributed by atoms with Crippen LogP contribution in [0, 0.1) is 0 Å². The lowest BCUT2D eigenvalue weighted by Gasteiger charge is -2.24. The predicted octanol–water partition coefficient (Wildman–Crippen LogP) is 4.60. The molecule has 5 heteroatoms. The molecule has 1 amide bonds. The molecule has 25 heavy (non-hydrogen) atoms. The molecule has 0 aliphatic rings. The minimum atomic E-state index is -0.305. The second-order valence-electron chi connectivity index (χ2n) is 7.03. The number of hydrogen-bond acceptors (Lipinski definition) is 3. The third-order valence-corrected chi connectivity index (χ3v) is 4.28. The van der Waals surface area contributed by atoms with E-state index in [-0.39, 0.29) is 29.5 Å². The van der Waals surface area contributed by atoms with Crippen molar-refractivity contribution in [3.63, 3.8) is 0 Å². The van der Waals surface area contributed by atoms with E-state index in [1.807, 2.05) is 51.1 Å². The Hall–Kier alpha value is -2.01. The van der Waals surface area contributed by atoms with Gasteiger partial charge in [0.25, 0.3) is 0 Å². The quantitative estimate of drug-likeness (QED) is 0.763. The number of rotatable bonds is 5. The number of methoxy groups -OCH3 is 1. The number of carbonyl (C=O) groups excluding carboxylic acids is 1. The van der Waals surface area contributed by atoms with Gasteiger partial charge in [-0.25, -0.2) is 0 Å². The number of ether oxygens (including phenoxy) is 1. The van der Waals surface area contributed by atoms with E-state index in [0.29, 0.717) is 5.56 Å². The van der Waals surface area contributed by atoms with Crippen LogP contribution in [0.25, 0.3) is 0 Å². The Labute approximate surface area is 157 Å². The first kappa shape index (κ1) is 19.3. The molecule has 0 heterocycles.